The lowest BCUT2D eigenvalue weighted by Crippen LogP contribution is -2.50. The van der Waals surface area contributed by atoms with Crippen molar-refractivity contribution >= 4 is 28.5 Å². The fourth-order valence-electron chi connectivity index (χ4n) is 5.91. The molecule has 1 N–H and O–H groups in total. The zero-order valence-electron chi connectivity index (χ0n) is 22.5. The van der Waals surface area contributed by atoms with Gasteiger partial charge in [-0.05, 0) is 61.7 Å². The number of imide groups is 1. The summed E-state index contributed by atoms with van der Waals surface area (Å²) in [7, 11) is 0. The van der Waals surface area contributed by atoms with Crippen LogP contribution in [0.2, 0.25) is 0 Å². The summed E-state index contributed by atoms with van der Waals surface area (Å²) in [4.78, 5) is 33.6. The van der Waals surface area contributed by atoms with Gasteiger partial charge in [-0.1, -0.05) is 31.2 Å². The lowest BCUT2D eigenvalue weighted by molar-refractivity contribution is -0.125. The van der Waals surface area contributed by atoms with Crippen molar-refractivity contribution in [1.29, 1.82) is 0 Å². The van der Waals surface area contributed by atoms with Gasteiger partial charge in [0, 0.05) is 29.4 Å². The maximum absolute atomic E-state index is 14.9. The van der Waals surface area contributed by atoms with E-state index in [9.17, 15) is 18.4 Å². The van der Waals surface area contributed by atoms with E-state index in [1.54, 1.807) is 6.92 Å². The number of aromatic amines is 1. The highest BCUT2D eigenvalue weighted by atomic mass is 19.1. The molecule has 4 aromatic rings. The van der Waals surface area contributed by atoms with Gasteiger partial charge in [-0.3, -0.25) is 4.79 Å². The number of H-pyrrole nitrogens is 1. The van der Waals surface area contributed by atoms with Gasteiger partial charge in [0.15, 0.2) is 17.0 Å². The minimum absolute atomic E-state index is 0.163. The van der Waals surface area contributed by atoms with E-state index >= 15 is 0 Å². The largest absolute Gasteiger partial charge is 0.490 e. The molecule has 3 amide bonds. The molecular weight excluding hydrogens is 516 g/mol. The van der Waals surface area contributed by atoms with Gasteiger partial charge in [0.2, 0.25) is 0 Å². The van der Waals surface area contributed by atoms with Crippen LogP contribution in [0.15, 0.2) is 60.7 Å². The third-order valence-corrected chi connectivity index (χ3v) is 7.81. The average molecular weight is 546 g/mol. The van der Waals surface area contributed by atoms with Gasteiger partial charge in [-0.25, -0.2) is 18.5 Å². The second kappa shape index (κ2) is 9.66. The molecule has 1 saturated heterocycles. The van der Waals surface area contributed by atoms with Crippen molar-refractivity contribution in [2.45, 2.75) is 38.6 Å². The summed E-state index contributed by atoms with van der Waals surface area (Å²) in [6, 6.07) is 15.6. The highest BCUT2D eigenvalue weighted by Gasteiger charge is 2.61. The minimum atomic E-state index is -1.42. The summed E-state index contributed by atoms with van der Waals surface area (Å²) in [5.41, 5.74) is 1.46. The third-order valence-electron chi connectivity index (χ3n) is 7.81. The summed E-state index contributed by atoms with van der Waals surface area (Å²) in [6.07, 6.45) is 0.851. The van der Waals surface area contributed by atoms with E-state index in [4.69, 9.17) is 9.47 Å². The summed E-state index contributed by atoms with van der Waals surface area (Å²) >= 11 is 0. The molecule has 0 aliphatic carbocycles. The lowest BCUT2D eigenvalue weighted by atomic mass is 9.78. The fourth-order valence-corrected chi connectivity index (χ4v) is 5.91. The Morgan fingerprint density at radius 1 is 1.00 bits per heavy atom. The molecule has 40 heavy (non-hydrogen) atoms. The molecule has 3 heterocycles. The van der Waals surface area contributed by atoms with Crippen molar-refractivity contribution in [3.05, 3.63) is 89.1 Å². The first-order valence-electron chi connectivity index (χ1n) is 13.4. The van der Waals surface area contributed by atoms with E-state index in [2.05, 4.69) is 4.98 Å². The van der Waals surface area contributed by atoms with Crippen molar-refractivity contribution in [2.24, 2.45) is 0 Å². The maximum Gasteiger partial charge on any atom is 0.332 e. The third kappa shape index (κ3) is 3.75. The van der Waals surface area contributed by atoms with Crippen LogP contribution in [0.4, 0.5) is 19.3 Å². The lowest BCUT2D eigenvalue weighted by Gasteiger charge is -2.40. The van der Waals surface area contributed by atoms with Gasteiger partial charge in [0.05, 0.1) is 24.6 Å². The quantitative estimate of drug-likeness (QED) is 0.271. The van der Waals surface area contributed by atoms with Crippen molar-refractivity contribution in [3.63, 3.8) is 0 Å². The molecule has 0 spiro atoms. The minimum Gasteiger partial charge on any atom is -0.490 e. The van der Waals surface area contributed by atoms with Crippen LogP contribution in [-0.2, 0) is 10.3 Å². The highest BCUT2D eigenvalue weighted by molar-refractivity contribution is 6.23. The smallest absolute Gasteiger partial charge is 0.332 e. The van der Waals surface area contributed by atoms with E-state index in [1.165, 1.54) is 4.90 Å². The first-order valence-corrected chi connectivity index (χ1v) is 13.4. The summed E-state index contributed by atoms with van der Waals surface area (Å²) in [5.74, 6) is -1.47. The number of halogens is 2. The molecule has 2 atom stereocenters. The number of aromatic nitrogens is 1. The zero-order chi connectivity index (χ0) is 28.2. The van der Waals surface area contributed by atoms with Crippen LogP contribution in [0.25, 0.3) is 10.9 Å². The summed E-state index contributed by atoms with van der Waals surface area (Å²) in [6.45, 7) is 6.76. The Hall–Kier alpha value is -4.40. The number of carbonyl (C=O) groups excluding carboxylic acids is 2. The number of ether oxygens (including phenoxy) is 2. The Morgan fingerprint density at radius 2 is 1.80 bits per heavy atom. The number of hydrogen-bond donors (Lipinski definition) is 1. The first-order chi connectivity index (χ1) is 19.3. The topological polar surface area (TPSA) is 74.9 Å². The standard InChI is InChI=1S/C31H29F2N3O4/c1-4-14-40-25-13-10-18(15-26(25)39-5-2)21-17-35-30(38)36(24-12-11-19(32)16-22(24)33)29(37)31(35,3)28-27(21)20-8-6-7-9-23(20)34-28/h6-13,15-16,21,34H,4-5,14,17H2,1-3H3/t21-,31-/m0/s1. The number of nitrogens with one attached hydrogen (secondary N) is 1. The van der Waals surface area contributed by atoms with Crippen molar-refractivity contribution in [1.82, 2.24) is 9.88 Å². The Morgan fingerprint density at radius 3 is 2.55 bits per heavy atom. The molecule has 1 fully saturated rings. The van der Waals surface area contributed by atoms with E-state index in [0.717, 1.165) is 45.5 Å². The molecule has 0 saturated carbocycles. The van der Waals surface area contributed by atoms with E-state index in [1.807, 2.05) is 56.3 Å². The van der Waals surface area contributed by atoms with Crippen LogP contribution in [0, 0.1) is 11.6 Å². The predicted octanol–water partition coefficient (Wildman–Crippen LogP) is 6.46. The molecule has 206 valence electrons. The number of para-hydroxylation sites is 1. The van der Waals surface area contributed by atoms with E-state index < -0.39 is 29.1 Å². The molecule has 0 unspecified atom stereocenters. The number of urea groups is 1. The van der Waals surface area contributed by atoms with Crippen molar-refractivity contribution in [2.75, 3.05) is 24.7 Å². The Kier molecular flexibility index (Phi) is 6.24. The van der Waals surface area contributed by atoms with E-state index in [0.29, 0.717) is 36.5 Å². The van der Waals surface area contributed by atoms with Gasteiger partial charge in [0.25, 0.3) is 5.91 Å². The number of benzene rings is 3. The monoisotopic (exact) mass is 545 g/mol. The fraction of sp³-hybridized carbons (Fsp3) is 0.290. The van der Waals surface area contributed by atoms with Gasteiger partial charge >= 0.3 is 6.03 Å². The number of amides is 3. The molecule has 3 aromatic carbocycles. The number of fused-ring (bicyclic) bond motifs is 5. The van der Waals surface area contributed by atoms with Crippen LogP contribution >= 0.6 is 0 Å². The van der Waals surface area contributed by atoms with Gasteiger partial charge in [0.1, 0.15) is 11.6 Å². The van der Waals surface area contributed by atoms with Crippen LogP contribution < -0.4 is 14.4 Å². The number of hydrogen-bond acceptors (Lipinski definition) is 4. The molecule has 7 nitrogen and oxygen atoms in total. The first kappa shape index (κ1) is 25.9. The maximum atomic E-state index is 14.9. The summed E-state index contributed by atoms with van der Waals surface area (Å²) in [5, 5.41) is 0.930. The molecule has 0 bridgehead atoms. The number of rotatable bonds is 7. The van der Waals surface area contributed by atoms with Crippen LogP contribution in [0.5, 0.6) is 11.5 Å². The Labute approximate surface area is 230 Å². The second-order valence-corrected chi connectivity index (χ2v) is 10.2. The van der Waals surface area contributed by atoms with Crippen molar-refractivity contribution < 1.29 is 27.8 Å². The van der Waals surface area contributed by atoms with Crippen LogP contribution in [-0.4, -0.2) is 41.6 Å². The number of carbonyl (C=O) groups is 2. The Bertz CT molecular complexity index is 1650. The Balaban J connectivity index is 1.52. The van der Waals surface area contributed by atoms with Crippen LogP contribution in [0.3, 0.4) is 0 Å². The molecule has 2 aliphatic heterocycles. The highest BCUT2D eigenvalue weighted by Crippen LogP contribution is 2.51. The average Bonchev–Trinajstić information content (AvgIpc) is 3.42. The molecule has 9 heteroatoms. The van der Waals surface area contributed by atoms with Crippen LogP contribution in [0.1, 0.15) is 49.9 Å². The number of nitrogens with zero attached hydrogens (tertiary/aromatic N) is 2. The molecule has 0 radical (unpaired) electrons. The normalized spacial score (nSPS) is 20.2. The molecule has 1 aromatic heterocycles. The molecule has 6 rings (SSSR count). The second-order valence-electron chi connectivity index (χ2n) is 10.2. The van der Waals surface area contributed by atoms with Gasteiger partial charge < -0.3 is 19.4 Å². The zero-order valence-corrected chi connectivity index (χ0v) is 22.5. The van der Waals surface area contributed by atoms with Gasteiger partial charge in [-0.2, -0.15) is 0 Å². The van der Waals surface area contributed by atoms with E-state index in [-0.39, 0.29) is 18.2 Å². The van der Waals surface area contributed by atoms with Gasteiger partial charge in [-0.15, -0.1) is 0 Å². The summed E-state index contributed by atoms with van der Waals surface area (Å²) < 4.78 is 40.3. The SMILES string of the molecule is CCCOc1ccc([C@@H]2CN3C(=O)N(c4ccc(F)cc4F)C(=O)[C@]3(C)c3[nH]c4ccccc4c32)cc1OCC. The predicted molar refractivity (Wildman–Crippen MR) is 147 cm³/mol. The molecule has 2 aliphatic rings. The number of anilines is 1. The van der Waals surface area contributed by atoms with Crippen molar-refractivity contribution in [3.8, 4) is 11.5 Å². The molecular formula is C31H29F2N3O4.